The van der Waals surface area contributed by atoms with Crippen LogP contribution < -0.4 is 15.4 Å². The van der Waals surface area contributed by atoms with Crippen LogP contribution in [-0.4, -0.2) is 31.4 Å². The largest absolute Gasteiger partial charge is 0.496 e. The molecule has 1 heterocycles. The molecule has 4 rings (SSSR count). The maximum atomic E-state index is 13.2. The van der Waals surface area contributed by atoms with Gasteiger partial charge in [0.2, 0.25) is 5.91 Å². The number of methoxy groups -OCH3 is 1. The summed E-state index contributed by atoms with van der Waals surface area (Å²) in [5.41, 5.74) is 3.76. The molecule has 0 saturated heterocycles. The molecule has 4 nitrogen and oxygen atoms in total. The normalized spacial score (nSPS) is 13.1. The summed E-state index contributed by atoms with van der Waals surface area (Å²) < 4.78 is 5.46. The van der Waals surface area contributed by atoms with Gasteiger partial charge in [0.25, 0.3) is 0 Å². The summed E-state index contributed by atoms with van der Waals surface area (Å²) in [6.07, 6.45) is 0.725. The Bertz CT molecular complexity index is 946. The molecule has 1 aliphatic rings. The third-order valence-corrected chi connectivity index (χ3v) is 4.95. The van der Waals surface area contributed by atoms with E-state index in [1.54, 1.807) is 7.11 Å². The summed E-state index contributed by atoms with van der Waals surface area (Å²) >= 11 is 0. The number of carbonyl (C=O) groups excluding carboxylic acids is 1. The molecule has 0 unspecified atom stereocenters. The van der Waals surface area contributed by atoms with Crippen LogP contribution in [0.3, 0.4) is 0 Å². The molecule has 0 bridgehead atoms. The van der Waals surface area contributed by atoms with Gasteiger partial charge in [0.1, 0.15) is 5.75 Å². The van der Waals surface area contributed by atoms with Gasteiger partial charge in [-0.2, -0.15) is 0 Å². The van der Waals surface area contributed by atoms with E-state index in [9.17, 15) is 4.79 Å². The van der Waals surface area contributed by atoms with E-state index >= 15 is 0 Å². The fourth-order valence-corrected chi connectivity index (χ4v) is 3.57. The molecule has 5 heteroatoms. The Hall–Kier alpha value is -3.21. The molecule has 1 N–H and O–H groups in total. The SMILES string of the molecule is COc1ccccc1CCN1B(c2ccccc2)Nc2ccccc2C1=O. The molecular weight excluding hydrogens is 335 g/mol. The average Bonchev–Trinajstić information content (AvgIpc) is 2.74. The molecule has 0 radical (unpaired) electrons. The van der Waals surface area contributed by atoms with Crippen molar-refractivity contribution in [3.8, 4) is 5.75 Å². The Balaban J connectivity index is 1.66. The highest BCUT2D eigenvalue weighted by atomic mass is 16.5. The Morgan fingerprint density at radius 2 is 1.63 bits per heavy atom. The fourth-order valence-electron chi connectivity index (χ4n) is 3.57. The van der Waals surface area contributed by atoms with Crippen LogP contribution in [0.25, 0.3) is 0 Å². The van der Waals surface area contributed by atoms with Gasteiger partial charge in [0.15, 0.2) is 0 Å². The van der Waals surface area contributed by atoms with E-state index in [2.05, 4.69) is 17.4 Å². The number of benzene rings is 3. The van der Waals surface area contributed by atoms with Crippen molar-refractivity contribution in [3.63, 3.8) is 0 Å². The molecule has 3 aromatic rings. The van der Waals surface area contributed by atoms with Gasteiger partial charge in [-0.1, -0.05) is 60.7 Å². The van der Waals surface area contributed by atoms with E-state index in [4.69, 9.17) is 4.74 Å². The van der Waals surface area contributed by atoms with Crippen LogP contribution in [0.2, 0.25) is 0 Å². The zero-order valence-electron chi connectivity index (χ0n) is 15.3. The van der Waals surface area contributed by atoms with Crippen LogP contribution in [0.4, 0.5) is 5.69 Å². The zero-order chi connectivity index (χ0) is 18.6. The van der Waals surface area contributed by atoms with Crippen molar-refractivity contribution in [3.05, 3.63) is 90.0 Å². The summed E-state index contributed by atoms with van der Waals surface area (Å²) in [5, 5.41) is 3.53. The van der Waals surface area contributed by atoms with E-state index in [-0.39, 0.29) is 12.9 Å². The lowest BCUT2D eigenvalue weighted by molar-refractivity contribution is 0.0855. The number of nitrogens with one attached hydrogen (secondary N) is 1. The van der Waals surface area contributed by atoms with Crippen molar-refractivity contribution in [2.75, 3.05) is 18.9 Å². The fraction of sp³-hybridized carbons (Fsp3) is 0.136. The molecule has 0 fully saturated rings. The van der Waals surface area contributed by atoms with Gasteiger partial charge in [-0.15, -0.1) is 0 Å². The number of fused-ring (bicyclic) bond motifs is 1. The smallest absolute Gasteiger partial charge is 0.411 e. The van der Waals surface area contributed by atoms with Gasteiger partial charge >= 0.3 is 6.98 Å². The lowest BCUT2D eigenvalue weighted by atomic mass is 9.63. The maximum Gasteiger partial charge on any atom is 0.411 e. The Morgan fingerprint density at radius 3 is 2.44 bits per heavy atom. The topological polar surface area (TPSA) is 41.6 Å². The third kappa shape index (κ3) is 3.41. The number of carbonyl (C=O) groups is 1. The second kappa shape index (κ2) is 7.58. The summed E-state index contributed by atoms with van der Waals surface area (Å²) in [7, 11) is 1.68. The first-order chi connectivity index (χ1) is 13.3. The first kappa shape index (κ1) is 17.2. The Morgan fingerprint density at radius 1 is 0.926 bits per heavy atom. The molecule has 0 saturated carbocycles. The molecule has 3 aromatic carbocycles. The van der Waals surface area contributed by atoms with Gasteiger partial charge in [0.05, 0.1) is 12.7 Å². The van der Waals surface area contributed by atoms with E-state index in [0.717, 1.165) is 28.9 Å². The van der Waals surface area contributed by atoms with Gasteiger partial charge in [-0.25, -0.2) is 0 Å². The second-order valence-electron chi connectivity index (χ2n) is 6.56. The summed E-state index contributed by atoms with van der Waals surface area (Å²) in [5.74, 6) is 0.902. The lowest BCUT2D eigenvalue weighted by Gasteiger charge is -2.35. The monoisotopic (exact) mass is 356 g/mol. The Kier molecular flexibility index (Phi) is 4.83. The van der Waals surface area contributed by atoms with Gasteiger partial charge in [-0.3, -0.25) is 4.79 Å². The predicted octanol–water partition coefficient (Wildman–Crippen LogP) is 3.20. The van der Waals surface area contributed by atoms with Crippen molar-refractivity contribution in [1.82, 2.24) is 4.81 Å². The first-order valence-corrected chi connectivity index (χ1v) is 9.11. The molecule has 0 aromatic heterocycles. The number of para-hydroxylation sites is 2. The summed E-state index contributed by atoms with van der Waals surface area (Å²) in [6, 6.07) is 25.7. The quantitative estimate of drug-likeness (QED) is 0.714. The van der Waals surface area contributed by atoms with Gasteiger partial charge in [-0.05, 0) is 35.6 Å². The molecule has 0 atom stereocenters. The van der Waals surface area contributed by atoms with Crippen LogP contribution in [-0.2, 0) is 6.42 Å². The number of ether oxygens (including phenoxy) is 1. The Labute approximate surface area is 159 Å². The summed E-state index contributed by atoms with van der Waals surface area (Å²) in [6.45, 7) is 0.406. The average molecular weight is 356 g/mol. The standard InChI is InChI=1S/C22H21BN2O2/c1-27-21-14-8-5-9-17(21)15-16-25-22(26)19-12-6-7-13-20(19)24-23(25)18-10-3-2-4-11-18/h2-14,24H,15-16H2,1H3. The molecule has 1 amide bonds. The van der Waals surface area contributed by atoms with Crippen molar-refractivity contribution in [2.24, 2.45) is 0 Å². The molecular formula is C22H21BN2O2. The van der Waals surface area contributed by atoms with Crippen LogP contribution in [0.1, 0.15) is 15.9 Å². The van der Waals surface area contributed by atoms with E-state index in [1.165, 1.54) is 0 Å². The number of hydrogen-bond donors (Lipinski definition) is 1. The minimum Gasteiger partial charge on any atom is -0.496 e. The molecule has 0 aliphatic carbocycles. The summed E-state index contributed by atoms with van der Waals surface area (Å²) in [4.78, 5) is 15.1. The van der Waals surface area contributed by atoms with Gasteiger partial charge < -0.3 is 14.8 Å². The van der Waals surface area contributed by atoms with E-state index in [1.807, 2.05) is 71.5 Å². The number of anilines is 1. The van der Waals surface area contributed by atoms with Crippen molar-refractivity contribution in [1.29, 1.82) is 0 Å². The predicted molar refractivity (Wildman–Crippen MR) is 110 cm³/mol. The van der Waals surface area contributed by atoms with E-state index in [0.29, 0.717) is 12.1 Å². The van der Waals surface area contributed by atoms with Crippen LogP contribution >= 0.6 is 0 Å². The van der Waals surface area contributed by atoms with Crippen molar-refractivity contribution >= 4 is 24.0 Å². The molecule has 0 spiro atoms. The van der Waals surface area contributed by atoms with Gasteiger partial charge in [0, 0.05) is 12.2 Å². The number of rotatable bonds is 5. The minimum atomic E-state index is -0.191. The zero-order valence-corrected chi connectivity index (χ0v) is 15.3. The van der Waals surface area contributed by atoms with Crippen LogP contribution in [0.15, 0.2) is 78.9 Å². The second-order valence-corrected chi connectivity index (χ2v) is 6.56. The highest BCUT2D eigenvalue weighted by Gasteiger charge is 2.36. The van der Waals surface area contributed by atoms with E-state index < -0.39 is 0 Å². The van der Waals surface area contributed by atoms with Crippen molar-refractivity contribution < 1.29 is 9.53 Å². The number of nitrogens with zero attached hydrogens (tertiary/aromatic N) is 1. The highest BCUT2D eigenvalue weighted by molar-refractivity contribution is 6.76. The molecule has 134 valence electrons. The van der Waals surface area contributed by atoms with Crippen molar-refractivity contribution in [2.45, 2.75) is 6.42 Å². The minimum absolute atomic E-state index is 0.0492. The molecule has 1 aliphatic heterocycles. The highest BCUT2D eigenvalue weighted by Crippen LogP contribution is 2.25. The maximum absolute atomic E-state index is 13.2. The molecule has 27 heavy (non-hydrogen) atoms. The third-order valence-electron chi connectivity index (χ3n) is 4.95. The number of hydrogen-bond acceptors (Lipinski definition) is 3. The lowest BCUT2D eigenvalue weighted by Crippen LogP contribution is -2.59. The first-order valence-electron chi connectivity index (χ1n) is 9.11. The van der Waals surface area contributed by atoms with Crippen LogP contribution in [0, 0.1) is 0 Å². The number of amides is 1. The van der Waals surface area contributed by atoms with Crippen LogP contribution in [0.5, 0.6) is 5.75 Å².